The minimum Gasteiger partial charge on any atom is -0.339 e. The summed E-state index contributed by atoms with van der Waals surface area (Å²) in [7, 11) is 1.63. The Bertz CT molecular complexity index is 816. The van der Waals surface area contributed by atoms with E-state index >= 15 is 0 Å². The molecule has 1 aliphatic heterocycles. The third-order valence-corrected chi connectivity index (χ3v) is 4.37. The van der Waals surface area contributed by atoms with Crippen molar-refractivity contribution in [1.29, 1.82) is 0 Å². The lowest BCUT2D eigenvalue weighted by atomic mass is 10.1. The Balaban J connectivity index is 2.05. The molecule has 0 atom stereocenters. The molecule has 1 fully saturated rings. The van der Waals surface area contributed by atoms with E-state index in [1.54, 1.807) is 25.2 Å². The summed E-state index contributed by atoms with van der Waals surface area (Å²) in [6.45, 7) is 1.62. The number of likely N-dealkylation sites (tertiary alicyclic amines) is 1. The number of hydrogen-bond acceptors (Lipinski definition) is 3. The maximum absolute atomic E-state index is 12.5. The summed E-state index contributed by atoms with van der Waals surface area (Å²) in [4.78, 5) is 29.5. The largest absolute Gasteiger partial charge is 0.339 e. The summed E-state index contributed by atoms with van der Waals surface area (Å²) in [5.41, 5.74) is 1.07. The average molecular weight is 303 g/mol. The Labute approximate surface area is 127 Å². The first kappa shape index (κ1) is 14.0. The SMILES string of the molecule is Cn1c(=S)[nH]c2cc(C(=O)N3CCCCC3)ccc2c1=O. The normalized spacial score (nSPS) is 15.4. The molecule has 21 heavy (non-hydrogen) atoms. The van der Waals surface area contributed by atoms with Crippen molar-refractivity contribution < 1.29 is 4.79 Å². The number of nitrogens with zero attached hydrogens (tertiary/aromatic N) is 2. The molecule has 0 aliphatic carbocycles. The molecular weight excluding hydrogens is 286 g/mol. The Morgan fingerprint density at radius 2 is 1.95 bits per heavy atom. The van der Waals surface area contributed by atoms with Gasteiger partial charge >= 0.3 is 0 Å². The topological polar surface area (TPSA) is 58.1 Å². The zero-order valence-corrected chi connectivity index (χ0v) is 12.7. The van der Waals surface area contributed by atoms with E-state index < -0.39 is 0 Å². The molecule has 2 heterocycles. The summed E-state index contributed by atoms with van der Waals surface area (Å²) in [5.74, 6) is 0.0246. The number of amides is 1. The third kappa shape index (κ3) is 2.51. The van der Waals surface area contributed by atoms with Gasteiger partial charge in [0.25, 0.3) is 11.5 Å². The lowest BCUT2D eigenvalue weighted by Crippen LogP contribution is -2.35. The van der Waals surface area contributed by atoms with Crippen LogP contribution < -0.4 is 5.56 Å². The van der Waals surface area contributed by atoms with Crippen molar-refractivity contribution in [3.05, 3.63) is 38.9 Å². The van der Waals surface area contributed by atoms with E-state index in [4.69, 9.17) is 12.2 Å². The van der Waals surface area contributed by atoms with Crippen molar-refractivity contribution in [1.82, 2.24) is 14.5 Å². The zero-order valence-electron chi connectivity index (χ0n) is 11.9. The number of aromatic amines is 1. The molecule has 5 nitrogen and oxygen atoms in total. The lowest BCUT2D eigenvalue weighted by Gasteiger charge is -2.26. The van der Waals surface area contributed by atoms with Gasteiger partial charge in [0, 0.05) is 25.7 Å². The molecule has 1 N–H and O–H groups in total. The third-order valence-electron chi connectivity index (χ3n) is 3.99. The molecule has 1 amide bonds. The summed E-state index contributed by atoms with van der Waals surface area (Å²) < 4.78 is 1.75. The molecule has 1 saturated heterocycles. The van der Waals surface area contributed by atoms with Crippen LogP contribution in [0.15, 0.2) is 23.0 Å². The van der Waals surface area contributed by atoms with E-state index in [2.05, 4.69) is 4.98 Å². The van der Waals surface area contributed by atoms with Crippen molar-refractivity contribution >= 4 is 29.0 Å². The van der Waals surface area contributed by atoms with Crippen LogP contribution in [-0.2, 0) is 7.05 Å². The molecule has 1 aromatic heterocycles. The molecule has 1 aliphatic rings. The van der Waals surface area contributed by atoms with Gasteiger partial charge in [-0.15, -0.1) is 0 Å². The first-order chi connectivity index (χ1) is 10.1. The summed E-state index contributed by atoms with van der Waals surface area (Å²) in [6, 6.07) is 5.14. The molecule has 110 valence electrons. The standard InChI is InChI=1S/C15H17N3O2S/c1-17-14(20)11-6-5-10(9-12(11)16-15(17)21)13(19)18-7-3-2-4-8-18/h5-6,9H,2-4,7-8H2,1H3,(H,16,21). The van der Waals surface area contributed by atoms with E-state index in [9.17, 15) is 9.59 Å². The fourth-order valence-corrected chi connectivity index (χ4v) is 2.91. The number of benzene rings is 1. The molecule has 6 heteroatoms. The number of piperidine rings is 1. The van der Waals surface area contributed by atoms with Gasteiger partial charge in [-0.05, 0) is 49.7 Å². The van der Waals surface area contributed by atoms with Crippen LogP contribution in [0.4, 0.5) is 0 Å². The lowest BCUT2D eigenvalue weighted by molar-refractivity contribution is 0.0724. The number of rotatable bonds is 1. The monoisotopic (exact) mass is 303 g/mol. The zero-order chi connectivity index (χ0) is 15.0. The Morgan fingerprint density at radius 1 is 1.24 bits per heavy atom. The first-order valence-corrected chi connectivity index (χ1v) is 7.51. The quantitative estimate of drug-likeness (QED) is 0.822. The molecule has 1 aromatic carbocycles. The highest BCUT2D eigenvalue weighted by atomic mass is 32.1. The molecule has 0 saturated carbocycles. The fraction of sp³-hybridized carbons (Fsp3) is 0.400. The summed E-state index contributed by atoms with van der Waals surface area (Å²) >= 11 is 5.11. The van der Waals surface area contributed by atoms with Gasteiger partial charge in [0.15, 0.2) is 4.77 Å². The minimum absolute atomic E-state index is 0.0246. The minimum atomic E-state index is -0.147. The van der Waals surface area contributed by atoms with Gasteiger partial charge in [-0.3, -0.25) is 14.2 Å². The molecule has 0 spiro atoms. The van der Waals surface area contributed by atoms with Crippen molar-refractivity contribution in [2.45, 2.75) is 19.3 Å². The van der Waals surface area contributed by atoms with Crippen molar-refractivity contribution in [3.63, 3.8) is 0 Å². The van der Waals surface area contributed by atoms with Gasteiger partial charge in [0.05, 0.1) is 10.9 Å². The predicted octanol–water partition coefficient (Wildman–Crippen LogP) is 2.22. The summed E-state index contributed by atoms with van der Waals surface area (Å²) in [5, 5.41) is 0.543. The van der Waals surface area contributed by atoms with Crippen molar-refractivity contribution in [2.24, 2.45) is 7.05 Å². The smallest absolute Gasteiger partial charge is 0.261 e. The Kier molecular flexibility index (Phi) is 3.63. The van der Waals surface area contributed by atoms with Crippen LogP contribution in [0.25, 0.3) is 10.9 Å². The second-order valence-corrected chi connectivity index (χ2v) is 5.79. The highest BCUT2D eigenvalue weighted by Gasteiger charge is 2.18. The van der Waals surface area contributed by atoms with Crippen molar-refractivity contribution in [2.75, 3.05) is 13.1 Å². The van der Waals surface area contributed by atoms with Gasteiger partial charge in [-0.1, -0.05) is 0 Å². The number of H-pyrrole nitrogens is 1. The maximum Gasteiger partial charge on any atom is 0.261 e. The van der Waals surface area contributed by atoms with Gasteiger partial charge in [0.2, 0.25) is 0 Å². The van der Waals surface area contributed by atoms with Gasteiger partial charge < -0.3 is 9.88 Å². The van der Waals surface area contributed by atoms with Crippen LogP contribution in [0.3, 0.4) is 0 Å². The average Bonchev–Trinajstić information content (AvgIpc) is 2.52. The second kappa shape index (κ2) is 5.44. The highest BCUT2D eigenvalue weighted by molar-refractivity contribution is 7.71. The van der Waals surface area contributed by atoms with Gasteiger partial charge in [-0.2, -0.15) is 0 Å². The Hall–Kier alpha value is -1.95. The number of carbonyl (C=O) groups is 1. The van der Waals surface area contributed by atoms with E-state index in [0.29, 0.717) is 21.2 Å². The number of hydrogen-bond donors (Lipinski definition) is 1. The number of carbonyl (C=O) groups excluding carboxylic acids is 1. The Morgan fingerprint density at radius 3 is 2.67 bits per heavy atom. The van der Waals surface area contributed by atoms with Crippen molar-refractivity contribution in [3.8, 4) is 0 Å². The summed E-state index contributed by atoms with van der Waals surface area (Å²) in [6.07, 6.45) is 3.30. The molecule has 0 bridgehead atoms. The van der Waals surface area contributed by atoms with Crippen LogP contribution in [0, 0.1) is 4.77 Å². The maximum atomic E-state index is 12.5. The molecule has 0 radical (unpaired) electrons. The van der Waals surface area contributed by atoms with E-state index in [1.165, 1.54) is 11.0 Å². The first-order valence-electron chi connectivity index (χ1n) is 7.10. The van der Waals surface area contributed by atoms with Gasteiger partial charge in [0.1, 0.15) is 0 Å². The predicted molar refractivity (Wildman–Crippen MR) is 84.1 cm³/mol. The van der Waals surface area contributed by atoms with Crippen LogP contribution in [0.1, 0.15) is 29.6 Å². The highest BCUT2D eigenvalue weighted by Crippen LogP contribution is 2.16. The molecule has 3 rings (SSSR count). The number of aromatic nitrogens is 2. The fourth-order valence-electron chi connectivity index (χ4n) is 2.72. The van der Waals surface area contributed by atoms with Crippen LogP contribution in [0.2, 0.25) is 0 Å². The van der Waals surface area contributed by atoms with E-state index in [0.717, 1.165) is 25.9 Å². The molecular formula is C15H17N3O2S. The van der Waals surface area contributed by atoms with E-state index in [-0.39, 0.29) is 11.5 Å². The number of nitrogens with one attached hydrogen (secondary N) is 1. The van der Waals surface area contributed by atoms with E-state index in [1.807, 2.05) is 4.90 Å². The molecule has 0 unspecified atom stereocenters. The van der Waals surface area contributed by atoms with Crippen LogP contribution in [0.5, 0.6) is 0 Å². The van der Waals surface area contributed by atoms with Crippen LogP contribution >= 0.6 is 12.2 Å². The molecule has 2 aromatic rings. The second-order valence-electron chi connectivity index (χ2n) is 5.41. The van der Waals surface area contributed by atoms with Gasteiger partial charge in [-0.25, -0.2) is 0 Å². The number of fused-ring (bicyclic) bond motifs is 1. The van der Waals surface area contributed by atoms with Crippen LogP contribution in [-0.4, -0.2) is 33.4 Å².